The number of likely N-dealkylation sites (tertiary alicyclic amines) is 1. The van der Waals surface area contributed by atoms with Crippen molar-refractivity contribution in [1.29, 1.82) is 0 Å². The first kappa shape index (κ1) is 29.7. The van der Waals surface area contributed by atoms with Crippen molar-refractivity contribution < 1.29 is 18.9 Å². The first-order chi connectivity index (χ1) is 17.8. The van der Waals surface area contributed by atoms with Crippen molar-refractivity contribution in [2.24, 2.45) is 0 Å². The van der Waals surface area contributed by atoms with Gasteiger partial charge in [-0.2, -0.15) is 0 Å². The highest BCUT2D eigenvalue weighted by Crippen LogP contribution is 2.35. The molecule has 0 saturated carbocycles. The summed E-state index contributed by atoms with van der Waals surface area (Å²) in [5, 5.41) is 9.59. The number of hydrogen-bond acceptors (Lipinski definition) is 7. The number of carbonyl (C=O) groups is 1. The minimum atomic E-state index is -2.97. The van der Waals surface area contributed by atoms with E-state index in [9.17, 15) is 14.2 Å². The molecule has 10 heteroatoms. The topological polar surface area (TPSA) is 88.6 Å². The molecule has 1 unspecified atom stereocenters. The Morgan fingerprint density at radius 3 is 2.24 bits per heavy atom. The van der Waals surface area contributed by atoms with Crippen LogP contribution in [0.4, 0.5) is 5.69 Å². The maximum atomic E-state index is 14.3. The number of unbranched alkanes of at least 4 members (excludes halogenated alkanes) is 1. The predicted molar refractivity (Wildman–Crippen MR) is 152 cm³/mol. The van der Waals surface area contributed by atoms with Crippen LogP contribution in [0.5, 0.6) is 5.75 Å². The number of likely N-dealkylation sites (N-methyl/N-ethyl adjacent to an activating group) is 1. The summed E-state index contributed by atoms with van der Waals surface area (Å²) in [6.45, 7) is 14.9. The van der Waals surface area contributed by atoms with Crippen molar-refractivity contribution in [3.63, 3.8) is 0 Å². The van der Waals surface area contributed by atoms with Gasteiger partial charge in [-0.1, -0.05) is 27.2 Å². The van der Waals surface area contributed by atoms with Gasteiger partial charge in [0, 0.05) is 67.8 Å². The van der Waals surface area contributed by atoms with Gasteiger partial charge in [-0.25, -0.2) is 9.79 Å². The van der Waals surface area contributed by atoms with Crippen molar-refractivity contribution in [2.45, 2.75) is 51.2 Å². The van der Waals surface area contributed by atoms with Gasteiger partial charge >= 0.3 is 0 Å². The van der Waals surface area contributed by atoms with Crippen LogP contribution in [0.15, 0.2) is 24.3 Å². The minimum Gasteiger partial charge on any atom is -0.494 e. The Labute approximate surface area is 223 Å². The Bertz CT molecular complexity index is 936. The summed E-state index contributed by atoms with van der Waals surface area (Å²) in [6.07, 6.45) is 2.98. The Morgan fingerprint density at radius 1 is 1.08 bits per heavy atom. The summed E-state index contributed by atoms with van der Waals surface area (Å²) < 4.78 is 20.7. The molecule has 2 N–H and O–H groups in total. The zero-order valence-electron chi connectivity index (χ0n) is 23.0. The zero-order chi connectivity index (χ0) is 26.9. The molecular formula is C27H47N5O4S. The van der Waals surface area contributed by atoms with Crippen LogP contribution < -0.4 is 15.1 Å². The number of nitrogens with one attached hydrogen (secondary N) is 1. The minimum absolute atomic E-state index is 0.416. The van der Waals surface area contributed by atoms with Crippen LogP contribution in [0.3, 0.4) is 0 Å². The molecule has 0 radical (unpaired) electrons. The number of nitrogens with zero attached hydrogens (tertiary/aromatic N) is 4. The molecule has 1 atom stereocenters. The summed E-state index contributed by atoms with van der Waals surface area (Å²) in [7, 11) is -2.97. The highest BCUT2D eigenvalue weighted by atomic mass is 32.2. The predicted octanol–water partition coefficient (Wildman–Crippen LogP) is 2.30. The summed E-state index contributed by atoms with van der Waals surface area (Å²) in [5.74, 6) is 4.45. The number of ether oxygens (including phenoxy) is 1. The third-order valence-corrected chi connectivity index (χ3v) is 11.1. The van der Waals surface area contributed by atoms with Crippen molar-refractivity contribution in [2.75, 3.05) is 77.0 Å². The van der Waals surface area contributed by atoms with Gasteiger partial charge in [0.1, 0.15) is 10.5 Å². The second kappa shape index (κ2) is 13.8. The summed E-state index contributed by atoms with van der Waals surface area (Å²) in [5.41, 5.74) is 2.93. The number of hydrogen-bond donors (Lipinski definition) is 2. The van der Waals surface area contributed by atoms with E-state index in [0.717, 1.165) is 57.1 Å². The van der Waals surface area contributed by atoms with Crippen LogP contribution in [-0.2, 0) is 14.5 Å². The van der Waals surface area contributed by atoms with Gasteiger partial charge < -0.3 is 19.4 Å². The highest BCUT2D eigenvalue weighted by molar-refractivity contribution is 8.00. The van der Waals surface area contributed by atoms with Gasteiger partial charge in [-0.3, -0.25) is 14.2 Å². The summed E-state index contributed by atoms with van der Waals surface area (Å²) >= 11 is 0. The van der Waals surface area contributed by atoms with E-state index in [4.69, 9.17) is 4.74 Å². The van der Waals surface area contributed by atoms with E-state index >= 15 is 0 Å². The van der Waals surface area contributed by atoms with Crippen LogP contribution in [0.25, 0.3) is 0 Å². The van der Waals surface area contributed by atoms with E-state index in [1.807, 2.05) is 21.9 Å². The van der Waals surface area contributed by atoms with Crippen molar-refractivity contribution in [1.82, 2.24) is 19.6 Å². The van der Waals surface area contributed by atoms with Gasteiger partial charge in [-0.05, 0) is 62.5 Å². The molecule has 37 heavy (non-hydrogen) atoms. The molecule has 1 aromatic carbocycles. The van der Waals surface area contributed by atoms with Crippen LogP contribution in [0.2, 0.25) is 0 Å². The Morgan fingerprint density at radius 2 is 1.70 bits per heavy atom. The average molecular weight is 538 g/mol. The van der Waals surface area contributed by atoms with Gasteiger partial charge in [0.15, 0.2) is 0 Å². The molecule has 2 aliphatic heterocycles. The Kier molecular flexibility index (Phi) is 11.1. The average Bonchev–Trinajstić information content (AvgIpc) is 2.94. The number of hydroxylamine groups is 1. The van der Waals surface area contributed by atoms with Gasteiger partial charge in [0.25, 0.3) is 5.91 Å². The lowest BCUT2D eigenvalue weighted by Gasteiger charge is -2.47. The number of piperazine rings is 1. The zero-order valence-corrected chi connectivity index (χ0v) is 23.8. The SMILES string of the molecule is C=S(=O)(N1CCN(c2ccc(OCCCC)cc2)CC1)C1(C(=O)NO)CCN(CCN(CC)CC)CC1. The second-order valence-corrected chi connectivity index (χ2v) is 12.6. The number of carbonyl (C=O) groups excluding carboxylic acids is 1. The third kappa shape index (κ3) is 6.97. The standard InChI is InChI=1S/C27H47N5O4S/c1-5-8-23-36-25-11-9-24(10-12-25)31-19-21-32(22-20-31)37(4,35)27(26(33)28-34)13-15-30(16-14-27)18-17-29(6-2)7-3/h9-12,34H,4-8,13-23H2,1-3H3,(H,28,33). The van der Waals surface area contributed by atoms with Crippen LogP contribution in [0, 0.1) is 0 Å². The Balaban J connectivity index is 1.61. The van der Waals surface area contributed by atoms with E-state index in [2.05, 4.69) is 53.5 Å². The molecule has 1 aromatic rings. The molecule has 0 spiro atoms. The van der Waals surface area contributed by atoms with Crippen molar-refractivity contribution >= 4 is 27.2 Å². The molecule has 0 bridgehead atoms. The lowest BCUT2D eigenvalue weighted by atomic mass is 9.95. The van der Waals surface area contributed by atoms with Gasteiger partial charge in [-0.15, -0.1) is 0 Å². The molecule has 3 rings (SSSR count). The first-order valence-electron chi connectivity index (χ1n) is 13.8. The van der Waals surface area contributed by atoms with E-state index in [0.29, 0.717) is 52.1 Å². The number of rotatable bonds is 13. The monoisotopic (exact) mass is 537 g/mol. The number of benzene rings is 1. The van der Waals surface area contributed by atoms with Gasteiger partial charge in [0.05, 0.1) is 6.61 Å². The van der Waals surface area contributed by atoms with E-state index in [-0.39, 0.29) is 0 Å². The first-order valence-corrected chi connectivity index (χ1v) is 15.5. The highest BCUT2D eigenvalue weighted by Gasteiger charge is 2.51. The fraction of sp³-hybridized carbons (Fsp3) is 0.704. The molecule has 1 amide bonds. The van der Waals surface area contributed by atoms with Crippen LogP contribution in [-0.4, -0.2) is 112 Å². The molecule has 0 aromatic heterocycles. The number of anilines is 1. The maximum absolute atomic E-state index is 14.3. The number of amides is 1. The normalized spacial score (nSPS) is 20.5. The smallest absolute Gasteiger partial charge is 0.263 e. The van der Waals surface area contributed by atoms with E-state index in [1.54, 1.807) is 0 Å². The molecule has 210 valence electrons. The second-order valence-electron chi connectivity index (χ2n) is 10.1. The largest absolute Gasteiger partial charge is 0.494 e. The quantitative estimate of drug-likeness (QED) is 0.173. The fourth-order valence-corrected chi connectivity index (χ4v) is 7.73. The number of piperidine rings is 1. The third-order valence-electron chi connectivity index (χ3n) is 8.04. The molecular weight excluding hydrogens is 490 g/mol. The summed E-state index contributed by atoms with van der Waals surface area (Å²) in [4.78, 5) is 20.0. The van der Waals surface area contributed by atoms with E-state index in [1.165, 1.54) is 0 Å². The van der Waals surface area contributed by atoms with Crippen molar-refractivity contribution in [3.8, 4) is 5.75 Å². The lowest BCUT2D eigenvalue weighted by Crippen LogP contribution is -2.63. The molecule has 9 nitrogen and oxygen atoms in total. The molecule has 2 fully saturated rings. The molecule has 2 saturated heterocycles. The molecule has 0 aliphatic carbocycles. The lowest BCUT2D eigenvalue weighted by molar-refractivity contribution is -0.133. The molecule has 2 heterocycles. The Hall–Kier alpha value is -1.85. The van der Waals surface area contributed by atoms with Crippen LogP contribution in [0.1, 0.15) is 46.5 Å². The van der Waals surface area contributed by atoms with Crippen molar-refractivity contribution in [3.05, 3.63) is 24.3 Å². The van der Waals surface area contributed by atoms with Crippen LogP contribution >= 0.6 is 0 Å². The van der Waals surface area contributed by atoms with Gasteiger partial charge in [0.2, 0.25) is 0 Å². The maximum Gasteiger partial charge on any atom is 0.263 e. The van der Waals surface area contributed by atoms with E-state index < -0.39 is 20.4 Å². The fourth-order valence-electron chi connectivity index (χ4n) is 5.33. The summed E-state index contributed by atoms with van der Waals surface area (Å²) in [6, 6.07) is 8.12. The molecule has 2 aliphatic rings.